The molecular formula is C15H11ClN2OS. The highest BCUT2D eigenvalue weighted by molar-refractivity contribution is 7.98. The minimum absolute atomic E-state index is 0.381. The van der Waals surface area contributed by atoms with E-state index in [2.05, 4.69) is 10.2 Å². The summed E-state index contributed by atoms with van der Waals surface area (Å²) in [4.78, 5) is 1.05. The lowest BCUT2D eigenvalue weighted by Gasteiger charge is -2.10. The lowest BCUT2D eigenvalue weighted by molar-refractivity contribution is 0.451. The molecule has 0 spiro atoms. The first-order chi connectivity index (χ1) is 9.79. The van der Waals surface area contributed by atoms with Crippen LogP contribution in [0.15, 0.2) is 53.4 Å². The summed E-state index contributed by atoms with van der Waals surface area (Å²) in [5.74, 6) is 1.23. The monoisotopic (exact) mass is 302 g/mol. The van der Waals surface area contributed by atoms with Crippen LogP contribution in [-0.2, 0) is 0 Å². The highest BCUT2D eigenvalue weighted by Crippen LogP contribution is 2.34. The zero-order chi connectivity index (χ0) is 13.9. The maximum absolute atomic E-state index is 6.06. The van der Waals surface area contributed by atoms with Crippen LogP contribution in [0.25, 0.3) is 10.8 Å². The first kappa shape index (κ1) is 13.2. The van der Waals surface area contributed by atoms with Crippen LogP contribution in [0.2, 0.25) is 5.15 Å². The molecule has 0 N–H and O–H groups in total. The van der Waals surface area contributed by atoms with Crippen molar-refractivity contribution >= 4 is 34.1 Å². The molecule has 0 aliphatic heterocycles. The Kier molecular flexibility index (Phi) is 3.76. The molecule has 3 nitrogen and oxygen atoms in total. The normalized spacial score (nSPS) is 10.7. The van der Waals surface area contributed by atoms with Crippen LogP contribution >= 0.6 is 23.4 Å². The van der Waals surface area contributed by atoms with Gasteiger partial charge < -0.3 is 4.74 Å². The van der Waals surface area contributed by atoms with E-state index in [4.69, 9.17) is 16.3 Å². The van der Waals surface area contributed by atoms with Crippen LogP contribution < -0.4 is 4.74 Å². The number of ether oxygens (including phenoxy) is 1. The predicted molar refractivity (Wildman–Crippen MR) is 82.8 cm³/mol. The topological polar surface area (TPSA) is 35.0 Å². The minimum Gasteiger partial charge on any atom is -0.436 e. The molecule has 0 saturated heterocycles. The number of nitrogens with zero attached hydrogens (tertiary/aromatic N) is 2. The van der Waals surface area contributed by atoms with Gasteiger partial charge in [0.15, 0.2) is 5.15 Å². The van der Waals surface area contributed by atoms with Gasteiger partial charge >= 0.3 is 0 Å². The van der Waals surface area contributed by atoms with Crippen LogP contribution in [0.5, 0.6) is 11.6 Å². The molecule has 100 valence electrons. The van der Waals surface area contributed by atoms with E-state index >= 15 is 0 Å². The molecule has 0 amide bonds. The van der Waals surface area contributed by atoms with Crippen molar-refractivity contribution in [3.05, 3.63) is 53.7 Å². The summed E-state index contributed by atoms with van der Waals surface area (Å²) in [5.41, 5.74) is 0. The van der Waals surface area contributed by atoms with Crippen molar-refractivity contribution < 1.29 is 4.74 Å². The number of hydrogen-bond acceptors (Lipinski definition) is 4. The maximum atomic E-state index is 6.06. The second kappa shape index (κ2) is 5.69. The SMILES string of the molecule is CSc1ccccc1Oc1nnc(Cl)c2ccccc12. The summed E-state index contributed by atoms with van der Waals surface area (Å²) >= 11 is 7.68. The summed E-state index contributed by atoms with van der Waals surface area (Å²) < 4.78 is 5.92. The van der Waals surface area contributed by atoms with E-state index in [9.17, 15) is 0 Å². The fraction of sp³-hybridized carbons (Fsp3) is 0.0667. The fourth-order valence-electron chi connectivity index (χ4n) is 1.93. The average molecular weight is 303 g/mol. The Morgan fingerprint density at radius 3 is 2.45 bits per heavy atom. The van der Waals surface area contributed by atoms with E-state index in [1.165, 1.54) is 0 Å². The molecule has 0 unspecified atom stereocenters. The van der Waals surface area contributed by atoms with Gasteiger partial charge in [-0.25, -0.2) is 0 Å². The van der Waals surface area contributed by atoms with Gasteiger partial charge in [-0.05, 0) is 24.5 Å². The first-order valence-electron chi connectivity index (χ1n) is 6.01. The molecular weight excluding hydrogens is 292 g/mol. The summed E-state index contributed by atoms with van der Waals surface area (Å²) in [6.07, 6.45) is 2.01. The van der Waals surface area contributed by atoms with E-state index in [1.807, 2.05) is 54.8 Å². The zero-order valence-electron chi connectivity index (χ0n) is 10.7. The Labute approximate surface area is 125 Å². The second-order valence-corrected chi connectivity index (χ2v) is 5.30. The third-order valence-electron chi connectivity index (χ3n) is 2.88. The summed E-state index contributed by atoms with van der Waals surface area (Å²) in [6.45, 7) is 0. The average Bonchev–Trinajstić information content (AvgIpc) is 2.51. The van der Waals surface area contributed by atoms with E-state index in [-0.39, 0.29) is 0 Å². The summed E-state index contributed by atoms with van der Waals surface area (Å²) in [5, 5.41) is 10.1. The Morgan fingerprint density at radius 2 is 1.65 bits per heavy atom. The Morgan fingerprint density at radius 1 is 0.950 bits per heavy atom. The van der Waals surface area contributed by atoms with Crippen LogP contribution in [0.1, 0.15) is 0 Å². The number of benzene rings is 2. The zero-order valence-corrected chi connectivity index (χ0v) is 12.3. The molecule has 1 aromatic heterocycles. The van der Waals surface area contributed by atoms with Crippen molar-refractivity contribution in [2.24, 2.45) is 0 Å². The molecule has 1 heterocycles. The molecule has 0 saturated carbocycles. The molecule has 0 aliphatic rings. The lowest BCUT2D eigenvalue weighted by atomic mass is 10.2. The third-order valence-corrected chi connectivity index (χ3v) is 3.94. The number of fused-ring (bicyclic) bond motifs is 1. The third kappa shape index (κ3) is 2.44. The van der Waals surface area contributed by atoms with Gasteiger partial charge in [-0.15, -0.1) is 22.0 Å². The molecule has 0 atom stereocenters. The van der Waals surface area contributed by atoms with Crippen LogP contribution in [0, 0.1) is 0 Å². The molecule has 3 aromatic rings. The Hall–Kier alpha value is -1.78. The minimum atomic E-state index is 0.381. The van der Waals surface area contributed by atoms with Gasteiger partial charge in [0, 0.05) is 15.7 Å². The van der Waals surface area contributed by atoms with Gasteiger partial charge in [0.25, 0.3) is 0 Å². The molecule has 0 bridgehead atoms. The van der Waals surface area contributed by atoms with Gasteiger partial charge in [0.2, 0.25) is 5.88 Å². The Balaban J connectivity index is 2.09. The van der Waals surface area contributed by atoms with Crippen molar-refractivity contribution in [3.8, 4) is 11.6 Å². The van der Waals surface area contributed by atoms with Gasteiger partial charge in [-0.1, -0.05) is 41.9 Å². The number of hydrogen-bond donors (Lipinski definition) is 0. The van der Waals surface area contributed by atoms with Crippen LogP contribution in [0.3, 0.4) is 0 Å². The first-order valence-corrected chi connectivity index (χ1v) is 7.61. The van der Waals surface area contributed by atoms with Gasteiger partial charge in [-0.2, -0.15) is 0 Å². The molecule has 20 heavy (non-hydrogen) atoms. The van der Waals surface area contributed by atoms with Crippen LogP contribution in [0.4, 0.5) is 0 Å². The predicted octanol–water partition coefficient (Wildman–Crippen LogP) is 4.80. The lowest BCUT2D eigenvalue weighted by Crippen LogP contribution is -1.94. The fourth-order valence-corrected chi connectivity index (χ4v) is 2.66. The van der Waals surface area contributed by atoms with E-state index < -0.39 is 0 Å². The highest BCUT2D eigenvalue weighted by atomic mass is 35.5. The quantitative estimate of drug-likeness (QED) is 0.651. The number of thioether (sulfide) groups is 1. The van der Waals surface area contributed by atoms with Crippen molar-refractivity contribution in [1.82, 2.24) is 10.2 Å². The summed E-state index contributed by atoms with van der Waals surface area (Å²) in [6, 6.07) is 15.5. The largest absolute Gasteiger partial charge is 0.436 e. The number of halogens is 1. The van der Waals surface area contributed by atoms with Gasteiger partial charge in [-0.3, -0.25) is 0 Å². The molecule has 5 heteroatoms. The smallest absolute Gasteiger partial charge is 0.246 e. The standard InChI is InChI=1S/C15H11ClN2OS/c1-20-13-9-5-4-8-12(13)19-15-11-7-3-2-6-10(11)14(16)17-18-15/h2-9H,1H3. The molecule has 2 aromatic carbocycles. The number of aromatic nitrogens is 2. The molecule has 0 aliphatic carbocycles. The van der Waals surface area contributed by atoms with Crippen molar-refractivity contribution in [2.75, 3.05) is 6.26 Å². The molecule has 0 radical (unpaired) electrons. The molecule has 3 rings (SSSR count). The van der Waals surface area contributed by atoms with Crippen molar-refractivity contribution in [3.63, 3.8) is 0 Å². The van der Waals surface area contributed by atoms with E-state index in [0.717, 1.165) is 21.4 Å². The Bertz CT molecular complexity index is 764. The summed E-state index contributed by atoms with van der Waals surface area (Å²) in [7, 11) is 0. The second-order valence-electron chi connectivity index (χ2n) is 4.09. The highest BCUT2D eigenvalue weighted by Gasteiger charge is 2.11. The van der Waals surface area contributed by atoms with Gasteiger partial charge in [0.1, 0.15) is 5.75 Å². The maximum Gasteiger partial charge on any atom is 0.246 e. The van der Waals surface area contributed by atoms with Crippen LogP contribution in [-0.4, -0.2) is 16.5 Å². The van der Waals surface area contributed by atoms with E-state index in [0.29, 0.717) is 11.0 Å². The van der Waals surface area contributed by atoms with Gasteiger partial charge in [0.05, 0.1) is 0 Å². The van der Waals surface area contributed by atoms with Crippen molar-refractivity contribution in [2.45, 2.75) is 4.90 Å². The molecule has 0 fully saturated rings. The number of para-hydroxylation sites is 1. The number of rotatable bonds is 3. The van der Waals surface area contributed by atoms with Crippen molar-refractivity contribution in [1.29, 1.82) is 0 Å². The van der Waals surface area contributed by atoms with E-state index in [1.54, 1.807) is 11.8 Å².